The number of nitrogens with zero attached hydrogens (tertiary/aromatic N) is 1. The lowest BCUT2D eigenvalue weighted by Gasteiger charge is -2.13. The van der Waals surface area contributed by atoms with E-state index in [1.807, 2.05) is 0 Å². The molecule has 3 N–H and O–H groups in total. The number of aromatic nitrogens is 1. The molecule has 1 aromatic heterocycles. The van der Waals surface area contributed by atoms with Crippen LogP contribution >= 0.6 is 0 Å². The number of halogens is 2. The summed E-state index contributed by atoms with van der Waals surface area (Å²) < 4.78 is 29.9. The van der Waals surface area contributed by atoms with Crippen LogP contribution in [0.15, 0.2) is 6.20 Å². The summed E-state index contributed by atoms with van der Waals surface area (Å²) in [5, 5.41) is 9.01. The number of methoxy groups -OCH3 is 1. The number of ether oxygens (including phenoxy) is 1. The van der Waals surface area contributed by atoms with Crippen LogP contribution in [-0.4, -0.2) is 17.2 Å². The number of nitrogens with two attached hydrogens (primary N) is 1. The van der Waals surface area contributed by atoms with Gasteiger partial charge in [0.05, 0.1) is 13.7 Å². The molecule has 0 saturated heterocycles. The molecule has 0 fully saturated rings. The molecule has 0 aliphatic carbocycles. The summed E-state index contributed by atoms with van der Waals surface area (Å²) in [7, 11) is 1.34. The highest BCUT2D eigenvalue weighted by Gasteiger charge is 2.20. The Kier molecular flexibility index (Phi) is 3.93. The zero-order valence-electron chi connectivity index (χ0n) is 8.20. The van der Waals surface area contributed by atoms with Gasteiger partial charge in [0, 0.05) is 23.9 Å². The molecule has 0 aromatic carbocycles. The zero-order valence-corrected chi connectivity index (χ0v) is 8.20. The normalized spacial score (nSPS) is 10.8. The standard InChI is InChI=1S/C9H12F2N2O2/c1-15-8-5(2-12)3-13-7(9(10)11)6(8)4-14/h3,9,14H,2,4,12H2,1H3. The lowest BCUT2D eigenvalue weighted by Crippen LogP contribution is -2.08. The van der Waals surface area contributed by atoms with E-state index in [0.717, 1.165) is 0 Å². The van der Waals surface area contributed by atoms with Crippen molar-refractivity contribution in [2.75, 3.05) is 7.11 Å². The number of hydrogen-bond acceptors (Lipinski definition) is 4. The summed E-state index contributed by atoms with van der Waals surface area (Å²) in [5.74, 6) is 0.185. The van der Waals surface area contributed by atoms with E-state index in [9.17, 15) is 8.78 Å². The molecule has 0 bridgehead atoms. The van der Waals surface area contributed by atoms with Crippen LogP contribution in [0.1, 0.15) is 23.2 Å². The summed E-state index contributed by atoms with van der Waals surface area (Å²) in [4.78, 5) is 3.56. The molecule has 1 heterocycles. The Morgan fingerprint density at radius 2 is 2.27 bits per heavy atom. The van der Waals surface area contributed by atoms with Gasteiger partial charge in [0.15, 0.2) is 0 Å². The predicted octanol–water partition coefficient (Wildman–Crippen LogP) is 0.979. The van der Waals surface area contributed by atoms with Gasteiger partial charge in [-0.2, -0.15) is 0 Å². The van der Waals surface area contributed by atoms with Crippen LogP contribution in [0.4, 0.5) is 8.78 Å². The average Bonchev–Trinajstić information content (AvgIpc) is 2.26. The smallest absolute Gasteiger partial charge is 0.280 e. The molecule has 0 spiro atoms. The van der Waals surface area contributed by atoms with Crippen molar-refractivity contribution in [3.8, 4) is 5.75 Å². The highest BCUT2D eigenvalue weighted by molar-refractivity contribution is 5.42. The van der Waals surface area contributed by atoms with Gasteiger partial charge in [-0.1, -0.05) is 0 Å². The second kappa shape index (κ2) is 4.99. The van der Waals surface area contributed by atoms with Crippen LogP contribution in [0, 0.1) is 0 Å². The Balaban J connectivity index is 3.34. The quantitative estimate of drug-likeness (QED) is 0.790. The first-order valence-electron chi connectivity index (χ1n) is 4.29. The molecule has 0 aliphatic rings. The zero-order chi connectivity index (χ0) is 11.4. The maximum atomic E-state index is 12.5. The Morgan fingerprint density at radius 3 is 2.67 bits per heavy atom. The molecule has 0 unspecified atom stereocenters. The SMILES string of the molecule is COc1c(CN)cnc(C(F)F)c1CO. The predicted molar refractivity (Wildman–Crippen MR) is 49.6 cm³/mol. The largest absolute Gasteiger partial charge is 0.496 e. The maximum absolute atomic E-state index is 12.5. The van der Waals surface area contributed by atoms with E-state index in [0.29, 0.717) is 5.56 Å². The minimum atomic E-state index is -2.74. The van der Waals surface area contributed by atoms with E-state index in [-0.39, 0.29) is 17.9 Å². The van der Waals surface area contributed by atoms with Gasteiger partial charge < -0.3 is 15.6 Å². The summed E-state index contributed by atoms with van der Waals surface area (Å²) in [6.07, 6.45) is -1.51. The van der Waals surface area contributed by atoms with Gasteiger partial charge in [0.25, 0.3) is 6.43 Å². The van der Waals surface area contributed by atoms with E-state index < -0.39 is 18.7 Å². The van der Waals surface area contributed by atoms with Crippen LogP contribution in [0.5, 0.6) is 5.75 Å². The molecule has 0 radical (unpaired) electrons. The third kappa shape index (κ3) is 2.21. The van der Waals surface area contributed by atoms with E-state index in [4.69, 9.17) is 15.6 Å². The summed E-state index contributed by atoms with van der Waals surface area (Å²) in [6.45, 7) is -0.434. The Morgan fingerprint density at radius 1 is 1.60 bits per heavy atom. The van der Waals surface area contributed by atoms with Crippen LogP contribution in [0.25, 0.3) is 0 Å². The molecule has 0 saturated carbocycles. The first kappa shape index (κ1) is 11.8. The van der Waals surface area contributed by atoms with Crippen LogP contribution in [0.2, 0.25) is 0 Å². The fourth-order valence-corrected chi connectivity index (χ4v) is 1.33. The van der Waals surface area contributed by atoms with Crippen molar-refractivity contribution < 1.29 is 18.6 Å². The number of pyridine rings is 1. The van der Waals surface area contributed by atoms with Crippen molar-refractivity contribution in [3.63, 3.8) is 0 Å². The highest BCUT2D eigenvalue weighted by Crippen LogP contribution is 2.30. The first-order valence-corrected chi connectivity index (χ1v) is 4.29. The van der Waals surface area contributed by atoms with E-state index in [1.165, 1.54) is 13.3 Å². The first-order chi connectivity index (χ1) is 7.15. The Labute approximate surface area is 85.7 Å². The third-order valence-electron chi connectivity index (χ3n) is 2.02. The molecule has 15 heavy (non-hydrogen) atoms. The number of aliphatic hydroxyl groups is 1. The van der Waals surface area contributed by atoms with E-state index in [1.54, 1.807) is 0 Å². The third-order valence-corrected chi connectivity index (χ3v) is 2.02. The molecule has 6 heteroatoms. The summed E-state index contributed by atoms with van der Waals surface area (Å²) in [6, 6.07) is 0. The van der Waals surface area contributed by atoms with Gasteiger partial charge in [-0.05, 0) is 0 Å². The molecule has 0 amide bonds. The second-order valence-electron chi connectivity index (χ2n) is 2.84. The van der Waals surface area contributed by atoms with Gasteiger partial charge in [0.1, 0.15) is 11.4 Å². The lowest BCUT2D eigenvalue weighted by atomic mass is 10.1. The summed E-state index contributed by atoms with van der Waals surface area (Å²) in [5.41, 5.74) is 5.41. The summed E-state index contributed by atoms with van der Waals surface area (Å²) >= 11 is 0. The molecule has 0 atom stereocenters. The Hall–Kier alpha value is -1.27. The van der Waals surface area contributed by atoms with Gasteiger partial charge in [0.2, 0.25) is 0 Å². The highest BCUT2D eigenvalue weighted by atomic mass is 19.3. The van der Waals surface area contributed by atoms with E-state index in [2.05, 4.69) is 4.98 Å². The van der Waals surface area contributed by atoms with Crippen molar-refractivity contribution in [3.05, 3.63) is 23.0 Å². The van der Waals surface area contributed by atoms with Gasteiger partial charge >= 0.3 is 0 Å². The molecule has 1 rings (SSSR count). The number of rotatable bonds is 4. The molecule has 0 aliphatic heterocycles. The van der Waals surface area contributed by atoms with Crippen molar-refractivity contribution in [2.24, 2.45) is 5.73 Å². The minimum Gasteiger partial charge on any atom is -0.496 e. The molecule has 1 aromatic rings. The minimum absolute atomic E-state index is 0.00421. The van der Waals surface area contributed by atoms with Crippen LogP contribution < -0.4 is 10.5 Å². The molecule has 84 valence electrons. The fraction of sp³-hybridized carbons (Fsp3) is 0.444. The average molecular weight is 218 g/mol. The van der Waals surface area contributed by atoms with Crippen LogP contribution in [0.3, 0.4) is 0 Å². The van der Waals surface area contributed by atoms with Crippen molar-refractivity contribution in [1.29, 1.82) is 0 Å². The molecular formula is C9H12F2N2O2. The van der Waals surface area contributed by atoms with Crippen molar-refractivity contribution in [1.82, 2.24) is 4.98 Å². The fourth-order valence-electron chi connectivity index (χ4n) is 1.33. The van der Waals surface area contributed by atoms with Gasteiger partial charge in [-0.15, -0.1) is 0 Å². The Bertz CT molecular complexity index is 345. The number of hydrogen-bond donors (Lipinski definition) is 2. The van der Waals surface area contributed by atoms with Gasteiger partial charge in [-0.25, -0.2) is 8.78 Å². The number of aliphatic hydroxyl groups excluding tert-OH is 1. The maximum Gasteiger partial charge on any atom is 0.280 e. The van der Waals surface area contributed by atoms with Crippen molar-refractivity contribution in [2.45, 2.75) is 19.6 Å². The topological polar surface area (TPSA) is 68.4 Å². The molecular weight excluding hydrogens is 206 g/mol. The lowest BCUT2D eigenvalue weighted by molar-refractivity contribution is 0.140. The van der Waals surface area contributed by atoms with Crippen molar-refractivity contribution >= 4 is 0 Å². The molecule has 4 nitrogen and oxygen atoms in total. The number of alkyl halides is 2. The monoisotopic (exact) mass is 218 g/mol. The second-order valence-corrected chi connectivity index (χ2v) is 2.84. The van der Waals surface area contributed by atoms with Gasteiger partial charge in [-0.3, -0.25) is 4.98 Å². The van der Waals surface area contributed by atoms with E-state index >= 15 is 0 Å². The van der Waals surface area contributed by atoms with Crippen LogP contribution in [-0.2, 0) is 13.2 Å².